The van der Waals surface area contributed by atoms with E-state index in [4.69, 9.17) is 21.1 Å². The standard InChI is InChI=1S/C30H23ClN4O6/c1-40-26-17-19(11-16-25(26)41-30(39)20-12-14-21(31)15-13-20)18-32-35-29(38)28(37)34-24-10-6-5-9-23(24)27(36)33-22-7-3-2-4-8-22/h2-18H,1H3,(H,33,36)(H,34,37)(H,35,38)/b32-18-. The lowest BCUT2D eigenvalue weighted by Crippen LogP contribution is -2.33. The van der Waals surface area contributed by atoms with Crippen LogP contribution in [0.3, 0.4) is 0 Å². The van der Waals surface area contributed by atoms with Crippen LogP contribution in [0.1, 0.15) is 26.3 Å². The number of nitrogens with one attached hydrogen (secondary N) is 3. The van der Waals surface area contributed by atoms with Crippen LogP contribution in [0.5, 0.6) is 11.5 Å². The van der Waals surface area contributed by atoms with Crippen molar-refractivity contribution in [1.82, 2.24) is 5.43 Å². The van der Waals surface area contributed by atoms with Gasteiger partial charge in [-0.2, -0.15) is 5.10 Å². The Morgan fingerprint density at radius 2 is 1.49 bits per heavy atom. The topological polar surface area (TPSA) is 135 Å². The van der Waals surface area contributed by atoms with E-state index in [1.165, 1.54) is 49.7 Å². The predicted molar refractivity (Wildman–Crippen MR) is 155 cm³/mol. The molecule has 0 aliphatic carbocycles. The fourth-order valence-electron chi connectivity index (χ4n) is 3.50. The molecule has 0 aliphatic heterocycles. The minimum absolute atomic E-state index is 0.151. The number of rotatable bonds is 8. The number of carbonyl (C=O) groups is 4. The van der Waals surface area contributed by atoms with Gasteiger partial charge in [-0.15, -0.1) is 0 Å². The smallest absolute Gasteiger partial charge is 0.343 e. The van der Waals surface area contributed by atoms with Crippen molar-refractivity contribution in [3.8, 4) is 11.5 Å². The first-order chi connectivity index (χ1) is 19.8. The summed E-state index contributed by atoms with van der Waals surface area (Å²) in [4.78, 5) is 49.9. The number of ether oxygens (including phenoxy) is 2. The Kier molecular flexibility index (Phi) is 9.42. The molecule has 0 unspecified atom stereocenters. The van der Waals surface area contributed by atoms with Gasteiger partial charge in [0.2, 0.25) is 0 Å². The maximum Gasteiger partial charge on any atom is 0.343 e. The van der Waals surface area contributed by atoms with Gasteiger partial charge in [-0.05, 0) is 72.3 Å². The lowest BCUT2D eigenvalue weighted by Gasteiger charge is -2.11. The zero-order chi connectivity index (χ0) is 29.2. The van der Waals surface area contributed by atoms with Crippen molar-refractivity contribution in [2.75, 3.05) is 17.7 Å². The maximum atomic E-state index is 12.7. The average Bonchev–Trinajstić information content (AvgIpc) is 2.98. The Morgan fingerprint density at radius 3 is 2.22 bits per heavy atom. The van der Waals surface area contributed by atoms with Crippen LogP contribution in [0, 0.1) is 0 Å². The molecule has 10 nitrogen and oxygen atoms in total. The van der Waals surface area contributed by atoms with E-state index < -0.39 is 23.7 Å². The number of nitrogens with zero attached hydrogens (tertiary/aromatic N) is 1. The number of anilines is 2. The third kappa shape index (κ3) is 7.78. The van der Waals surface area contributed by atoms with Crippen LogP contribution in [-0.4, -0.2) is 37.0 Å². The number of hydrogen-bond acceptors (Lipinski definition) is 7. The van der Waals surface area contributed by atoms with Crippen molar-refractivity contribution in [3.05, 3.63) is 119 Å². The van der Waals surface area contributed by atoms with Crippen LogP contribution in [-0.2, 0) is 9.59 Å². The van der Waals surface area contributed by atoms with Crippen molar-refractivity contribution in [3.63, 3.8) is 0 Å². The Morgan fingerprint density at radius 1 is 0.780 bits per heavy atom. The first kappa shape index (κ1) is 28.5. The summed E-state index contributed by atoms with van der Waals surface area (Å²) in [7, 11) is 1.40. The summed E-state index contributed by atoms with van der Waals surface area (Å²) in [6.45, 7) is 0. The molecule has 0 radical (unpaired) electrons. The van der Waals surface area contributed by atoms with Gasteiger partial charge in [0.15, 0.2) is 11.5 Å². The van der Waals surface area contributed by atoms with Crippen LogP contribution in [0.15, 0.2) is 102 Å². The van der Waals surface area contributed by atoms with E-state index in [0.29, 0.717) is 21.8 Å². The number of methoxy groups -OCH3 is 1. The molecule has 41 heavy (non-hydrogen) atoms. The summed E-state index contributed by atoms with van der Waals surface area (Å²) in [5, 5.41) is 9.44. The van der Waals surface area contributed by atoms with Crippen LogP contribution in [0.25, 0.3) is 0 Å². The van der Waals surface area contributed by atoms with E-state index in [1.54, 1.807) is 54.6 Å². The fourth-order valence-corrected chi connectivity index (χ4v) is 3.62. The monoisotopic (exact) mass is 570 g/mol. The number of esters is 1. The van der Waals surface area contributed by atoms with E-state index >= 15 is 0 Å². The Labute approximate surface area is 239 Å². The Hall–Kier alpha value is -5.48. The van der Waals surface area contributed by atoms with Crippen molar-refractivity contribution >= 4 is 52.9 Å². The molecule has 11 heteroatoms. The highest BCUT2D eigenvalue weighted by molar-refractivity contribution is 6.40. The van der Waals surface area contributed by atoms with Crippen LogP contribution in [0.4, 0.5) is 11.4 Å². The highest BCUT2D eigenvalue weighted by Crippen LogP contribution is 2.28. The molecule has 0 heterocycles. The molecule has 0 fully saturated rings. The maximum absolute atomic E-state index is 12.7. The molecular weight excluding hydrogens is 548 g/mol. The lowest BCUT2D eigenvalue weighted by atomic mass is 10.1. The summed E-state index contributed by atoms with van der Waals surface area (Å²) in [5.74, 6) is -2.72. The molecule has 206 valence electrons. The minimum Gasteiger partial charge on any atom is -0.493 e. The van der Waals surface area contributed by atoms with Gasteiger partial charge < -0.3 is 20.1 Å². The van der Waals surface area contributed by atoms with E-state index in [0.717, 1.165) is 0 Å². The highest BCUT2D eigenvalue weighted by atomic mass is 35.5. The number of halogens is 1. The van der Waals surface area contributed by atoms with E-state index in [9.17, 15) is 19.2 Å². The van der Waals surface area contributed by atoms with Crippen LogP contribution < -0.4 is 25.5 Å². The van der Waals surface area contributed by atoms with Gasteiger partial charge in [0, 0.05) is 10.7 Å². The largest absolute Gasteiger partial charge is 0.493 e. The van der Waals surface area contributed by atoms with E-state index in [-0.39, 0.29) is 22.7 Å². The zero-order valence-electron chi connectivity index (χ0n) is 21.6. The molecular formula is C30H23ClN4O6. The second kappa shape index (κ2) is 13.5. The summed E-state index contributed by atoms with van der Waals surface area (Å²) in [6.07, 6.45) is 1.28. The van der Waals surface area contributed by atoms with Crippen molar-refractivity contribution < 1.29 is 28.7 Å². The molecule has 0 aromatic heterocycles. The molecule has 4 aromatic carbocycles. The molecule has 0 bridgehead atoms. The Balaban J connectivity index is 1.35. The second-order valence-corrected chi connectivity index (χ2v) is 8.76. The number of benzene rings is 4. The third-order valence-corrected chi connectivity index (χ3v) is 5.76. The van der Waals surface area contributed by atoms with Gasteiger partial charge in [-0.1, -0.05) is 41.9 Å². The molecule has 4 aromatic rings. The van der Waals surface area contributed by atoms with Crippen molar-refractivity contribution in [2.24, 2.45) is 5.10 Å². The SMILES string of the molecule is COc1cc(/C=N\NC(=O)C(=O)Nc2ccccc2C(=O)Nc2ccccc2)ccc1OC(=O)c1ccc(Cl)cc1. The van der Waals surface area contributed by atoms with Gasteiger partial charge in [-0.3, -0.25) is 14.4 Å². The molecule has 0 saturated heterocycles. The number of carbonyl (C=O) groups excluding carboxylic acids is 4. The first-order valence-corrected chi connectivity index (χ1v) is 12.5. The highest BCUT2D eigenvalue weighted by Gasteiger charge is 2.18. The third-order valence-electron chi connectivity index (χ3n) is 5.51. The summed E-state index contributed by atoms with van der Waals surface area (Å²) >= 11 is 5.85. The zero-order valence-corrected chi connectivity index (χ0v) is 22.3. The predicted octanol–water partition coefficient (Wildman–Crippen LogP) is 4.91. The van der Waals surface area contributed by atoms with Gasteiger partial charge >= 0.3 is 17.8 Å². The number of hydrogen-bond donors (Lipinski definition) is 3. The molecule has 0 spiro atoms. The second-order valence-electron chi connectivity index (χ2n) is 8.33. The molecule has 0 aliphatic rings. The number of amides is 3. The van der Waals surface area contributed by atoms with E-state index in [1.807, 2.05) is 6.07 Å². The first-order valence-electron chi connectivity index (χ1n) is 12.1. The molecule has 0 atom stereocenters. The summed E-state index contributed by atoms with van der Waals surface area (Å²) in [5.41, 5.74) is 3.82. The quantitative estimate of drug-likeness (QED) is 0.0905. The van der Waals surface area contributed by atoms with Crippen LogP contribution >= 0.6 is 11.6 Å². The lowest BCUT2D eigenvalue weighted by molar-refractivity contribution is -0.136. The summed E-state index contributed by atoms with van der Waals surface area (Å²) in [6, 6.07) is 25.9. The normalized spacial score (nSPS) is 10.5. The van der Waals surface area contributed by atoms with Crippen LogP contribution in [0.2, 0.25) is 5.02 Å². The number of hydrazone groups is 1. The van der Waals surface area contributed by atoms with Gasteiger partial charge in [0.05, 0.1) is 30.1 Å². The fraction of sp³-hybridized carbons (Fsp3) is 0.0333. The molecule has 3 amide bonds. The number of para-hydroxylation sites is 2. The van der Waals surface area contributed by atoms with E-state index in [2.05, 4.69) is 21.2 Å². The van der Waals surface area contributed by atoms with Gasteiger partial charge in [0.1, 0.15) is 0 Å². The van der Waals surface area contributed by atoms with Crippen molar-refractivity contribution in [1.29, 1.82) is 0 Å². The Bertz CT molecular complexity index is 1610. The molecule has 0 saturated carbocycles. The minimum atomic E-state index is -1.06. The summed E-state index contributed by atoms with van der Waals surface area (Å²) < 4.78 is 10.7. The van der Waals surface area contributed by atoms with Gasteiger partial charge in [0.25, 0.3) is 5.91 Å². The van der Waals surface area contributed by atoms with Crippen molar-refractivity contribution in [2.45, 2.75) is 0 Å². The average molecular weight is 571 g/mol. The molecule has 3 N–H and O–H groups in total. The molecule has 4 rings (SSSR count). The van der Waals surface area contributed by atoms with Gasteiger partial charge in [-0.25, -0.2) is 10.2 Å².